The van der Waals surface area contributed by atoms with Gasteiger partial charge in [-0.3, -0.25) is 0 Å². The minimum absolute atomic E-state index is 0.0229. The topological polar surface area (TPSA) is 145 Å². The zero-order chi connectivity index (χ0) is 33.8. The second-order valence-corrected chi connectivity index (χ2v) is 11.3. The second kappa shape index (κ2) is 20.6. The minimum Gasteiger partial charge on any atom is -0.395 e. The van der Waals surface area contributed by atoms with E-state index >= 15 is 0 Å². The molecule has 12 nitrogen and oxygen atoms in total. The van der Waals surface area contributed by atoms with Crippen molar-refractivity contribution in [1.82, 2.24) is 0 Å². The molecule has 0 unspecified atom stereocenters. The normalized spacial score (nSPS) is 11.5. The molecule has 0 bridgehead atoms. The Balaban J connectivity index is 1.21. The van der Waals surface area contributed by atoms with Crippen molar-refractivity contribution in [2.75, 3.05) is 62.4 Å². The van der Waals surface area contributed by atoms with Crippen LogP contribution < -0.4 is 18.9 Å². The van der Waals surface area contributed by atoms with E-state index in [0.717, 1.165) is 73.0 Å². The lowest BCUT2D eigenvalue weighted by atomic mass is 10.2. The number of rotatable bonds is 21. The van der Waals surface area contributed by atoms with Gasteiger partial charge in [0.05, 0.1) is 50.0 Å². The van der Waals surface area contributed by atoms with Gasteiger partial charge in [-0.1, -0.05) is 6.07 Å². The molecule has 2 aromatic heterocycles. The number of aryl methyl sites for hydroxylation is 2. The van der Waals surface area contributed by atoms with Crippen LogP contribution in [-0.2, 0) is 13.1 Å². The molecular weight excluding hydrogens is 608 g/mol. The monoisotopic (exact) mass is 656 g/mol. The Morgan fingerprint density at radius 2 is 1.00 bits per heavy atom. The summed E-state index contributed by atoms with van der Waals surface area (Å²) in [5, 5.41) is 54.8. The average Bonchev–Trinajstić information content (AvgIpc) is 3.12. The van der Waals surface area contributed by atoms with E-state index in [1.807, 2.05) is 101 Å². The number of aliphatic hydroxyl groups excluding tert-OH is 4. The number of nitrogens with zero attached hydrogens (tertiary/aromatic N) is 8. The highest BCUT2D eigenvalue weighted by Crippen LogP contribution is 2.23. The van der Waals surface area contributed by atoms with Gasteiger partial charge in [-0.05, 0) is 85.0 Å². The first-order valence-corrected chi connectivity index (χ1v) is 16.6. The van der Waals surface area contributed by atoms with Gasteiger partial charge in [0.15, 0.2) is 12.4 Å². The molecule has 2 aromatic carbocycles. The van der Waals surface area contributed by atoms with Crippen LogP contribution in [-0.4, -0.2) is 73.0 Å². The molecule has 0 radical (unpaired) electrons. The van der Waals surface area contributed by atoms with Crippen LogP contribution in [0.15, 0.2) is 118 Å². The van der Waals surface area contributed by atoms with Gasteiger partial charge in [0, 0.05) is 56.1 Å². The molecule has 4 N–H and O–H groups in total. The molecule has 4 aromatic rings. The Morgan fingerprint density at radius 3 is 1.56 bits per heavy atom. The Kier molecular flexibility index (Phi) is 15.5. The van der Waals surface area contributed by atoms with Crippen LogP contribution >= 0.6 is 0 Å². The molecule has 48 heavy (non-hydrogen) atoms. The summed E-state index contributed by atoms with van der Waals surface area (Å²) in [5.74, 6) is 0.798. The number of aromatic nitrogens is 2. The fraction of sp³-hybridized carbons (Fsp3) is 0.389. The summed E-state index contributed by atoms with van der Waals surface area (Å²) < 4.78 is 4.27. The molecule has 0 spiro atoms. The van der Waals surface area contributed by atoms with Gasteiger partial charge in [0.2, 0.25) is 0 Å². The third-order valence-corrected chi connectivity index (χ3v) is 7.78. The predicted octanol–water partition coefficient (Wildman–Crippen LogP) is 4.94. The number of azo groups is 2. The van der Waals surface area contributed by atoms with Crippen molar-refractivity contribution in [3.05, 3.63) is 97.5 Å². The molecule has 0 saturated heterocycles. The first-order chi connectivity index (χ1) is 23.6. The summed E-state index contributed by atoms with van der Waals surface area (Å²) in [6.45, 7) is 3.70. The molecule has 2 heterocycles. The number of unbranched alkanes of at least 4 members (excludes halogenated alkanes) is 3. The Labute approximate surface area is 282 Å². The molecule has 0 fully saturated rings. The quantitative estimate of drug-likeness (QED) is 0.0569. The van der Waals surface area contributed by atoms with Crippen molar-refractivity contribution in [2.24, 2.45) is 20.5 Å². The van der Waals surface area contributed by atoms with E-state index in [1.165, 1.54) is 0 Å². The van der Waals surface area contributed by atoms with E-state index in [2.05, 4.69) is 35.8 Å². The Morgan fingerprint density at radius 1 is 0.479 bits per heavy atom. The SMILES string of the molecule is OCCN(CCO)c1ccc(N=Nc2ccc[n+](CCCCCC[n+]3ccccc3N=Nc3ccc(N(CCO)CCO)cc3)c2)cc1. The van der Waals surface area contributed by atoms with E-state index in [-0.39, 0.29) is 26.4 Å². The van der Waals surface area contributed by atoms with Crippen molar-refractivity contribution in [2.45, 2.75) is 38.8 Å². The number of benzene rings is 2. The minimum atomic E-state index is 0.0229. The number of anilines is 2. The van der Waals surface area contributed by atoms with Crippen molar-refractivity contribution < 1.29 is 29.6 Å². The van der Waals surface area contributed by atoms with Gasteiger partial charge >= 0.3 is 5.82 Å². The van der Waals surface area contributed by atoms with Crippen LogP contribution in [0.25, 0.3) is 0 Å². The van der Waals surface area contributed by atoms with Crippen LogP contribution in [0.2, 0.25) is 0 Å². The molecule has 0 aliphatic rings. The largest absolute Gasteiger partial charge is 0.395 e. The number of aliphatic hydroxyl groups is 4. The fourth-order valence-corrected chi connectivity index (χ4v) is 5.29. The zero-order valence-electron chi connectivity index (χ0n) is 27.5. The highest BCUT2D eigenvalue weighted by Gasteiger charge is 2.11. The summed E-state index contributed by atoms with van der Waals surface area (Å²) in [6, 6.07) is 25.1. The molecule has 4 rings (SSSR count). The molecule has 0 amide bonds. The average molecular weight is 657 g/mol. The van der Waals surface area contributed by atoms with Gasteiger partial charge in [-0.15, -0.1) is 5.11 Å². The number of pyridine rings is 2. The van der Waals surface area contributed by atoms with Gasteiger partial charge in [-0.25, -0.2) is 9.13 Å². The van der Waals surface area contributed by atoms with E-state index in [1.54, 1.807) is 0 Å². The van der Waals surface area contributed by atoms with Crippen LogP contribution in [0.1, 0.15) is 25.7 Å². The lowest BCUT2D eigenvalue weighted by molar-refractivity contribution is -0.697. The van der Waals surface area contributed by atoms with E-state index < -0.39 is 0 Å². The smallest absolute Gasteiger partial charge is 0.350 e. The molecule has 0 atom stereocenters. The zero-order valence-corrected chi connectivity index (χ0v) is 27.5. The summed E-state index contributed by atoms with van der Waals surface area (Å²) in [7, 11) is 0. The second-order valence-electron chi connectivity index (χ2n) is 11.3. The van der Waals surface area contributed by atoms with Crippen molar-refractivity contribution in [3.63, 3.8) is 0 Å². The van der Waals surface area contributed by atoms with Crippen LogP contribution in [0.4, 0.5) is 34.3 Å². The van der Waals surface area contributed by atoms with Gasteiger partial charge in [0.25, 0.3) is 0 Å². The van der Waals surface area contributed by atoms with Crippen molar-refractivity contribution in [1.29, 1.82) is 0 Å². The Hall–Kier alpha value is -4.62. The molecular formula is C36H48N8O4+2. The van der Waals surface area contributed by atoms with Crippen LogP contribution in [0.3, 0.4) is 0 Å². The maximum absolute atomic E-state index is 9.28. The van der Waals surface area contributed by atoms with Gasteiger partial charge < -0.3 is 30.2 Å². The van der Waals surface area contributed by atoms with Crippen molar-refractivity contribution in [3.8, 4) is 0 Å². The standard InChI is InChI=1S/C36H48N8O4/c45-26-22-42(23-27-46)34-14-10-31(11-15-34)37-39-33-8-7-19-41(30-33)18-4-1-2-5-20-44-21-6-3-9-36(44)40-38-32-12-16-35(17-13-32)43(24-28-47)25-29-48/h3,6-17,19,21,30,45-48H,1-2,4-5,18,20,22-29H2/q+2. The first kappa shape index (κ1) is 36.2. The molecule has 0 aliphatic carbocycles. The summed E-state index contributed by atoms with van der Waals surface area (Å²) >= 11 is 0. The third kappa shape index (κ3) is 11.9. The van der Waals surface area contributed by atoms with Gasteiger partial charge in [-0.2, -0.15) is 5.11 Å². The van der Waals surface area contributed by atoms with Crippen LogP contribution in [0, 0.1) is 0 Å². The highest BCUT2D eigenvalue weighted by atomic mass is 16.3. The highest BCUT2D eigenvalue weighted by molar-refractivity contribution is 5.53. The molecule has 12 heteroatoms. The predicted molar refractivity (Wildman–Crippen MR) is 186 cm³/mol. The maximum Gasteiger partial charge on any atom is 0.350 e. The van der Waals surface area contributed by atoms with Crippen molar-refractivity contribution >= 4 is 34.3 Å². The molecule has 0 saturated carbocycles. The Bertz CT molecular complexity index is 1540. The summed E-state index contributed by atoms with van der Waals surface area (Å²) in [5.41, 5.74) is 4.10. The van der Waals surface area contributed by atoms with E-state index in [0.29, 0.717) is 26.2 Å². The third-order valence-electron chi connectivity index (χ3n) is 7.78. The fourth-order valence-electron chi connectivity index (χ4n) is 5.29. The maximum atomic E-state index is 9.28. The summed E-state index contributed by atoms with van der Waals surface area (Å²) in [6.07, 6.45) is 10.4. The first-order valence-electron chi connectivity index (χ1n) is 16.6. The number of hydrogen-bond acceptors (Lipinski definition) is 10. The van der Waals surface area contributed by atoms with Crippen LogP contribution in [0.5, 0.6) is 0 Å². The van der Waals surface area contributed by atoms with E-state index in [9.17, 15) is 20.4 Å². The van der Waals surface area contributed by atoms with Gasteiger partial charge in [0.1, 0.15) is 17.9 Å². The molecule has 0 aliphatic heterocycles. The lowest BCUT2D eigenvalue weighted by Crippen LogP contribution is -2.33. The van der Waals surface area contributed by atoms with E-state index in [4.69, 9.17) is 0 Å². The number of hydrogen-bond donors (Lipinski definition) is 4. The molecule has 254 valence electrons. The lowest BCUT2D eigenvalue weighted by Gasteiger charge is -2.22. The summed E-state index contributed by atoms with van der Waals surface area (Å²) in [4.78, 5) is 3.85.